The molecule has 0 nitrogen and oxygen atoms in total. The van der Waals surface area contributed by atoms with Crippen LogP contribution in [0.4, 0.5) is 0 Å². The van der Waals surface area contributed by atoms with Crippen LogP contribution in [0.25, 0.3) is 0 Å². The van der Waals surface area contributed by atoms with Gasteiger partial charge in [-0.15, -0.1) is 0 Å². The van der Waals surface area contributed by atoms with E-state index in [-0.39, 0.29) is 21.1 Å². The van der Waals surface area contributed by atoms with Gasteiger partial charge in [-0.3, -0.25) is 0 Å². The minimum Gasteiger partial charge on any atom is -0.0683 e. The molecule has 0 aliphatic heterocycles. The first-order valence-electron chi connectivity index (χ1n) is 52.5. The Morgan fingerprint density at radius 2 is 0.260 bits per heavy atom. The second-order valence-corrected chi connectivity index (χ2v) is 53.9. The van der Waals surface area contributed by atoms with Gasteiger partial charge in [-0.25, -0.2) is 0 Å². The maximum absolute atomic E-state index is 2.41. The van der Waals surface area contributed by atoms with Gasteiger partial charge in [0.2, 0.25) is 0 Å². The van der Waals surface area contributed by atoms with Gasteiger partial charge in [0.15, 0.2) is 0 Å². The monoisotopic (exact) mass is 1860 g/mol. The summed E-state index contributed by atoms with van der Waals surface area (Å²) in [6.07, 6.45) is 43.4. The number of rotatable bonds is 0. The Hall–Kier alpha value is -2.43. The van der Waals surface area contributed by atoms with E-state index in [2.05, 4.69) is 256 Å². The van der Waals surface area contributed by atoms with Gasteiger partial charge in [-0.2, -0.15) is 0 Å². The van der Waals surface area contributed by atoms with Crippen LogP contribution < -0.4 is 0 Å². The van der Waals surface area contributed by atoms with Crippen LogP contribution in [0.2, 0.25) is 0 Å². The summed E-state index contributed by atoms with van der Waals surface area (Å²) in [5.74, 6) is 0.856. The minimum absolute atomic E-state index is 0. The molecule has 0 saturated heterocycles. The second-order valence-electron chi connectivity index (χ2n) is 53.9. The van der Waals surface area contributed by atoms with Crippen LogP contribution in [0.5, 0.6) is 0 Å². The van der Waals surface area contributed by atoms with Crippen molar-refractivity contribution in [1.29, 1.82) is 0 Å². The van der Waals surface area contributed by atoms with E-state index in [1.807, 2.05) is 83.1 Å². The molecule has 704 valence electrons. The molecule has 11 saturated carbocycles. The number of fused-ring (bicyclic) bond motifs is 6. The molecule has 0 heterocycles. The molecule has 0 aromatic carbocycles. The Morgan fingerprint density at radius 3 is 0.341 bits per heavy atom. The minimum atomic E-state index is 0. The maximum atomic E-state index is 2.41. The molecule has 123 heavy (non-hydrogen) atoms. The van der Waals surface area contributed by atoms with Gasteiger partial charge >= 0.3 is 0 Å². The predicted molar refractivity (Wildman–Crippen MR) is 550 cm³/mol. The Morgan fingerprint density at radius 1 is 0.163 bits per heavy atom. The quantitative estimate of drug-likeness (QED) is 0.227. The van der Waals surface area contributed by atoms with Gasteiger partial charge in [0, 0.05) is 21.1 Å². The zero-order valence-corrected chi connectivity index (χ0v) is 95.3. The van der Waals surface area contributed by atoms with Gasteiger partial charge in [-0.1, -0.05) is 425 Å². The molecular formula is C122H210W. The molecule has 5 spiro atoms. The average molecular weight is 1860 g/mol. The molecule has 0 unspecified atom stereocenters. The van der Waals surface area contributed by atoms with Crippen molar-refractivity contribution in [3.63, 3.8) is 0 Å². The standard InChI is InChI=1S/3C19H30.2C18H28.C17H28.6C2H6.W/c3*1-17(2,3)15-10-16(18(4,5)6)14-12-19(8-7-9-19)11-13(14)15;2*1-16(2,3)14-9-15(17(4,5)6)13-11-18(7-8-18)10-12(13)14;1-11-8-12-13(9-11)15(17(5,6)7)10-14(12)16(2,3)4;6*1-2;/h3*7-12H2,1-6H3;2*7-11H2,1-6H3;11H,8-10H2,1-7H3;6*1-2H3;. The molecule has 0 N–H and O–H groups in total. The van der Waals surface area contributed by atoms with Crippen LogP contribution >= 0.6 is 0 Å². The molecule has 0 atom stereocenters. The number of allylic oxidation sites excluding steroid dienone is 24. The normalized spacial score (nSPS) is 23.3. The van der Waals surface area contributed by atoms with Gasteiger partial charge in [0.05, 0.1) is 0 Å². The summed E-state index contributed by atoms with van der Waals surface area (Å²) in [6, 6.07) is 0. The fraction of sp³-hybridized carbons (Fsp3) is 0.803. The molecule has 0 amide bonds. The van der Waals surface area contributed by atoms with E-state index in [9.17, 15) is 0 Å². The van der Waals surface area contributed by atoms with Crippen molar-refractivity contribution in [1.82, 2.24) is 0 Å². The summed E-state index contributed by atoms with van der Waals surface area (Å²) in [5, 5.41) is 0. The predicted octanol–water partition coefficient (Wildman–Crippen LogP) is 41.1. The summed E-state index contributed by atoms with van der Waals surface area (Å²) in [7, 11) is 0. The Bertz CT molecular complexity index is 3540. The van der Waals surface area contributed by atoms with Crippen molar-refractivity contribution in [2.24, 2.45) is 98.0 Å². The molecule has 17 rings (SSSR count). The molecule has 17 aliphatic carbocycles. The van der Waals surface area contributed by atoms with E-state index in [1.165, 1.54) is 199 Å². The van der Waals surface area contributed by atoms with E-state index in [4.69, 9.17) is 0 Å². The largest absolute Gasteiger partial charge is 0.0683 e. The fourth-order valence-corrected chi connectivity index (χ4v) is 24.8. The Kier molecular flexibility index (Phi) is 35.9. The van der Waals surface area contributed by atoms with E-state index in [1.54, 1.807) is 134 Å². The Labute approximate surface area is 785 Å². The van der Waals surface area contributed by atoms with Crippen LogP contribution in [0.15, 0.2) is 134 Å². The van der Waals surface area contributed by atoms with E-state index < -0.39 is 0 Å². The van der Waals surface area contributed by atoms with Crippen LogP contribution in [0.1, 0.15) is 538 Å². The van der Waals surface area contributed by atoms with Crippen molar-refractivity contribution >= 4 is 0 Å². The number of hydrogen-bond donors (Lipinski definition) is 0. The van der Waals surface area contributed by atoms with Crippen LogP contribution in [-0.2, 0) is 21.1 Å². The van der Waals surface area contributed by atoms with Crippen molar-refractivity contribution in [3.8, 4) is 0 Å². The summed E-state index contributed by atoms with van der Waals surface area (Å²) < 4.78 is 0. The fourth-order valence-electron chi connectivity index (χ4n) is 24.8. The molecule has 0 bridgehead atoms. The van der Waals surface area contributed by atoms with Crippen molar-refractivity contribution in [2.45, 2.75) is 538 Å². The van der Waals surface area contributed by atoms with Crippen LogP contribution in [-0.4, -0.2) is 0 Å². The van der Waals surface area contributed by atoms with Gasteiger partial charge in [0.25, 0.3) is 0 Å². The third-order valence-corrected chi connectivity index (χ3v) is 32.3. The summed E-state index contributed by atoms with van der Waals surface area (Å²) in [4.78, 5) is 0. The van der Waals surface area contributed by atoms with E-state index in [0.717, 1.165) is 16.7 Å². The van der Waals surface area contributed by atoms with E-state index >= 15 is 0 Å². The van der Waals surface area contributed by atoms with Gasteiger partial charge < -0.3 is 0 Å². The van der Waals surface area contributed by atoms with E-state index in [0.29, 0.717) is 81.2 Å². The first-order valence-corrected chi connectivity index (χ1v) is 52.5. The molecule has 11 fully saturated rings. The van der Waals surface area contributed by atoms with Gasteiger partial charge in [0.1, 0.15) is 0 Å². The SMILES string of the molecule is CC.CC.CC.CC.CC.CC.CC(C)(C)C1=C2CC3(CC3)CC2=C(C(C)(C)C)C1.CC(C)(C)C1=C2CC3(CC3)CC2=C(C(C)(C)C)C1.CC(C)(C)C1=C2CC3(CCC3)CC2=C(C(C)(C)C)C1.CC(C)(C)C1=C2CC3(CCC3)CC2=C(C(C)(C)C)C1.CC(C)(C)C1=C2CC3(CCC3)CC2=C(C(C)(C)C)C1.CC1CC2=C(C(C)(C)C)CC(C(C)(C)C)=C2C1.[W]. The van der Waals surface area contributed by atoms with Crippen LogP contribution in [0, 0.1) is 98.0 Å². The first kappa shape index (κ1) is 111. The zero-order chi connectivity index (χ0) is 93.9. The molecular weight excluding hydrogens is 1650 g/mol. The molecule has 1 heteroatoms. The zero-order valence-electron chi connectivity index (χ0n) is 92.4. The summed E-state index contributed by atoms with van der Waals surface area (Å²) in [6.45, 7) is 113. The number of hydrogen-bond acceptors (Lipinski definition) is 0. The van der Waals surface area contributed by atoms with Crippen molar-refractivity contribution in [3.05, 3.63) is 134 Å². The topological polar surface area (TPSA) is 0 Å². The smallest absolute Gasteiger partial charge is 0 e. The first-order chi connectivity index (χ1) is 55.7. The van der Waals surface area contributed by atoms with Crippen LogP contribution in [0.3, 0.4) is 0 Å². The molecule has 0 aromatic rings. The molecule has 17 aliphatic rings. The maximum Gasteiger partial charge on any atom is 0 e. The molecule has 0 aromatic heterocycles. The molecule has 0 radical (unpaired) electrons. The summed E-state index contributed by atoms with van der Waals surface area (Å²) >= 11 is 0. The Balaban J connectivity index is 0.000000255. The van der Waals surface area contributed by atoms with Crippen molar-refractivity contribution < 1.29 is 21.1 Å². The average Bonchev–Trinajstić information content (AvgIpc) is 1.57. The third-order valence-electron chi connectivity index (χ3n) is 32.3. The van der Waals surface area contributed by atoms with Gasteiger partial charge in [-0.05, 0) is 345 Å². The second kappa shape index (κ2) is 39.8. The van der Waals surface area contributed by atoms with Crippen molar-refractivity contribution in [2.75, 3.05) is 0 Å². The third kappa shape index (κ3) is 24.9. The summed E-state index contributed by atoms with van der Waals surface area (Å²) in [5.41, 5.74) is 50.1.